The van der Waals surface area contributed by atoms with Crippen molar-refractivity contribution >= 4 is 17.5 Å². The highest BCUT2D eigenvalue weighted by atomic mass is 16.3. The number of nitrogens with zero attached hydrogens (tertiary/aromatic N) is 2. The first kappa shape index (κ1) is 14.9. The summed E-state index contributed by atoms with van der Waals surface area (Å²) in [6.07, 6.45) is 4.67. The molecule has 0 fully saturated rings. The van der Waals surface area contributed by atoms with E-state index in [0.717, 1.165) is 16.0 Å². The zero-order valence-corrected chi connectivity index (χ0v) is 12.3. The van der Waals surface area contributed by atoms with E-state index in [1.807, 2.05) is 36.4 Å². The van der Waals surface area contributed by atoms with Crippen LogP contribution in [0, 0.1) is 0 Å². The number of amides is 2. The number of carbonyl (C=O) groups excluding carboxylic acids is 2. The van der Waals surface area contributed by atoms with Crippen LogP contribution in [0.3, 0.4) is 0 Å². The first-order valence-electron chi connectivity index (χ1n) is 7.15. The summed E-state index contributed by atoms with van der Waals surface area (Å²) in [4.78, 5) is 28.9. The van der Waals surface area contributed by atoms with Crippen molar-refractivity contribution in [3.63, 3.8) is 0 Å². The van der Waals surface area contributed by atoms with E-state index in [4.69, 9.17) is 5.11 Å². The van der Waals surface area contributed by atoms with Gasteiger partial charge in [-0.2, -0.15) is 0 Å². The number of carbonyl (C=O) groups is 2. The summed E-state index contributed by atoms with van der Waals surface area (Å²) in [5.74, 6) is -0.852. The normalized spacial score (nSPS) is 14.1. The topological polar surface area (TPSA) is 82.5 Å². The van der Waals surface area contributed by atoms with Crippen molar-refractivity contribution in [2.75, 3.05) is 18.5 Å². The lowest BCUT2D eigenvalue weighted by molar-refractivity contribution is -0.137. The fraction of sp³-hybridized carbons (Fsp3) is 0.118. The van der Waals surface area contributed by atoms with E-state index in [1.165, 1.54) is 6.08 Å². The van der Waals surface area contributed by atoms with Gasteiger partial charge in [-0.1, -0.05) is 12.1 Å². The molecule has 116 valence electrons. The monoisotopic (exact) mass is 309 g/mol. The molecule has 1 aliphatic rings. The second kappa shape index (κ2) is 6.41. The summed E-state index contributed by atoms with van der Waals surface area (Å²) in [6, 6.07) is 11.3. The third-order valence-electron chi connectivity index (χ3n) is 3.49. The van der Waals surface area contributed by atoms with Crippen molar-refractivity contribution in [3.05, 3.63) is 60.6 Å². The summed E-state index contributed by atoms with van der Waals surface area (Å²) in [5, 5.41) is 11.9. The van der Waals surface area contributed by atoms with E-state index in [2.05, 4.69) is 10.3 Å². The molecule has 3 rings (SSSR count). The maximum atomic E-state index is 12.1. The molecule has 2 amide bonds. The zero-order chi connectivity index (χ0) is 16.2. The highest BCUT2D eigenvalue weighted by Gasteiger charge is 2.30. The summed E-state index contributed by atoms with van der Waals surface area (Å²) >= 11 is 0. The number of hydrogen-bond donors (Lipinski definition) is 2. The van der Waals surface area contributed by atoms with E-state index in [-0.39, 0.29) is 18.8 Å². The Hall–Kier alpha value is -2.99. The number of aliphatic hydroxyl groups is 1. The molecule has 0 atom stereocenters. The van der Waals surface area contributed by atoms with Gasteiger partial charge in [0.15, 0.2) is 0 Å². The minimum Gasteiger partial charge on any atom is -0.395 e. The molecule has 0 saturated heterocycles. The molecule has 6 nitrogen and oxygen atoms in total. The first-order chi connectivity index (χ1) is 11.2. The van der Waals surface area contributed by atoms with Gasteiger partial charge >= 0.3 is 0 Å². The molecule has 23 heavy (non-hydrogen) atoms. The Bertz CT molecular complexity index is 772. The van der Waals surface area contributed by atoms with Gasteiger partial charge in [-0.25, -0.2) is 0 Å². The highest BCUT2D eigenvalue weighted by molar-refractivity contribution is 6.17. The average molecular weight is 309 g/mol. The molecule has 0 saturated carbocycles. The molecule has 1 aromatic heterocycles. The summed E-state index contributed by atoms with van der Waals surface area (Å²) in [6.45, 7) is -0.257. The molecule has 2 heterocycles. The Balaban J connectivity index is 1.81. The Labute approximate surface area is 133 Å². The van der Waals surface area contributed by atoms with Gasteiger partial charge in [-0.15, -0.1) is 0 Å². The maximum Gasteiger partial charge on any atom is 0.277 e. The van der Waals surface area contributed by atoms with Crippen LogP contribution >= 0.6 is 0 Å². The fourth-order valence-corrected chi connectivity index (χ4v) is 2.39. The smallest absolute Gasteiger partial charge is 0.277 e. The van der Waals surface area contributed by atoms with E-state index in [1.54, 1.807) is 12.4 Å². The number of hydrogen-bond acceptors (Lipinski definition) is 5. The molecule has 0 unspecified atom stereocenters. The van der Waals surface area contributed by atoms with Crippen molar-refractivity contribution in [1.82, 2.24) is 9.88 Å². The third-order valence-corrected chi connectivity index (χ3v) is 3.49. The molecule has 2 N–H and O–H groups in total. The van der Waals surface area contributed by atoms with Crippen molar-refractivity contribution in [2.45, 2.75) is 0 Å². The maximum absolute atomic E-state index is 12.1. The van der Waals surface area contributed by atoms with Gasteiger partial charge in [0.25, 0.3) is 11.8 Å². The molecular formula is C17H15N3O3. The van der Waals surface area contributed by atoms with Crippen LogP contribution in [0.4, 0.5) is 5.69 Å². The quantitative estimate of drug-likeness (QED) is 0.816. The first-order valence-corrected chi connectivity index (χ1v) is 7.15. The summed E-state index contributed by atoms with van der Waals surface area (Å²) in [7, 11) is 0. The van der Waals surface area contributed by atoms with E-state index in [9.17, 15) is 9.59 Å². The number of nitrogens with one attached hydrogen (secondary N) is 1. The number of aliphatic hydroxyl groups excluding tert-OH is 1. The molecule has 0 bridgehead atoms. The number of pyridine rings is 1. The lowest BCUT2D eigenvalue weighted by Crippen LogP contribution is -2.34. The predicted octanol–water partition coefficient (Wildman–Crippen LogP) is 1.41. The number of anilines is 1. The van der Waals surface area contributed by atoms with Crippen LogP contribution in [0.5, 0.6) is 0 Å². The van der Waals surface area contributed by atoms with Gasteiger partial charge in [0, 0.05) is 24.2 Å². The van der Waals surface area contributed by atoms with Crippen molar-refractivity contribution in [1.29, 1.82) is 0 Å². The largest absolute Gasteiger partial charge is 0.395 e. The van der Waals surface area contributed by atoms with Crippen LogP contribution < -0.4 is 5.32 Å². The fourth-order valence-electron chi connectivity index (χ4n) is 2.39. The van der Waals surface area contributed by atoms with Gasteiger partial charge in [0.05, 0.1) is 13.2 Å². The van der Waals surface area contributed by atoms with Crippen molar-refractivity contribution < 1.29 is 14.7 Å². The van der Waals surface area contributed by atoms with E-state index < -0.39 is 11.8 Å². The van der Waals surface area contributed by atoms with Gasteiger partial charge < -0.3 is 10.4 Å². The minimum absolute atomic E-state index is 0.00357. The van der Waals surface area contributed by atoms with Crippen molar-refractivity contribution in [2.24, 2.45) is 0 Å². The van der Waals surface area contributed by atoms with Crippen LogP contribution in [0.25, 0.3) is 11.1 Å². The molecule has 0 radical (unpaired) electrons. The molecule has 1 aliphatic heterocycles. The molecule has 6 heteroatoms. The number of aromatic nitrogens is 1. The lowest BCUT2D eigenvalue weighted by Gasteiger charge is -2.13. The lowest BCUT2D eigenvalue weighted by atomic mass is 10.1. The van der Waals surface area contributed by atoms with Crippen LogP contribution in [0.1, 0.15) is 0 Å². The molecule has 0 spiro atoms. The zero-order valence-electron chi connectivity index (χ0n) is 12.3. The van der Waals surface area contributed by atoms with Gasteiger partial charge in [-0.05, 0) is 35.4 Å². The Kier molecular flexibility index (Phi) is 4.16. The molecule has 1 aromatic carbocycles. The average Bonchev–Trinajstić information content (AvgIpc) is 2.84. The predicted molar refractivity (Wildman–Crippen MR) is 85.2 cm³/mol. The van der Waals surface area contributed by atoms with Crippen LogP contribution in [0.15, 0.2) is 60.6 Å². The second-order valence-corrected chi connectivity index (χ2v) is 5.02. The van der Waals surface area contributed by atoms with Gasteiger partial charge in [-0.3, -0.25) is 19.5 Å². The summed E-state index contributed by atoms with van der Waals surface area (Å²) in [5.41, 5.74) is 2.89. The van der Waals surface area contributed by atoms with Crippen LogP contribution in [0.2, 0.25) is 0 Å². The number of rotatable bonds is 5. The number of imide groups is 1. The second-order valence-electron chi connectivity index (χ2n) is 5.02. The van der Waals surface area contributed by atoms with Crippen molar-refractivity contribution in [3.8, 4) is 11.1 Å². The molecule has 2 aromatic rings. The third kappa shape index (κ3) is 3.12. The van der Waals surface area contributed by atoms with E-state index >= 15 is 0 Å². The standard InChI is InChI=1S/C17H15N3O3/c21-9-8-20-16(22)11-15(17(20)23)19-14-3-1-2-13(10-14)12-4-6-18-7-5-12/h1-7,10-11,19,21H,8-9H2. The molecular weight excluding hydrogens is 294 g/mol. The van der Waals surface area contributed by atoms with Crippen LogP contribution in [-0.4, -0.2) is 40.0 Å². The van der Waals surface area contributed by atoms with E-state index in [0.29, 0.717) is 5.69 Å². The Morgan fingerprint density at radius 3 is 2.61 bits per heavy atom. The number of β-amino-alcohol motifs (C(OH)–C–C–N with tert-alkyl or cyclic N) is 1. The van der Waals surface area contributed by atoms with Gasteiger partial charge in [0.2, 0.25) is 0 Å². The Morgan fingerprint density at radius 1 is 1.09 bits per heavy atom. The highest BCUT2D eigenvalue weighted by Crippen LogP contribution is 2.24. The van der Waals surface area contributed by atoms with Crippen LogP contribution in [-0.2, 0) is 9.59 Å². The minimum atomic E-state index is -0.432. The van der Waals surface area contributed by atoms with Gasteiger partial charge in [0.1, 0.15) is 5.70 Å². The molecule has 0 aliphatic carbocycles. The SMILES string of the molecule is O=C1C=C(Nc2cccc(-c3ccncc3)c2)C(=O)N1CCO. The number of benzene rings is 1. The Morgan fingerprint density at radius 2 is 1.87 bits per heavy atom. The summed E-state index contributed by atoms with van der Waals surface area (Å²) < 4.78 is 0.